The highest BCUT2D eigenvalue weighted by atomic mass is 16.5. The molecule has 0 N–H and O–H groups in total. The minimum Gasteiger partial charge on any atom is -0.460 e. The van der Waals surface area contributed by atoms with E-state index in [-0.39, 0.29) is 5.97 Å². The highest BCUT2D eigenvalue weighted by Gasteiger charge is 2.23. The standard InChI is InChI=1S/C19H25NO2/c1-13(15-9-10-20-11-15)17-8-6-7-16(14(17)2)12-22-18(21)19(3,4)5/h6-8,10-11,13H,9,12H2,1-5H3/t13-/m1/s1. The maximum Gasteiger partial charge on any atom is 0.311 e. The molecule has 1 aliphatic heterocycles. The monoisotopic (exact) mass is 299 g/mol. The molecule has 0 aromatic heterocycles. The number of hydrogen-bond donors (Lipinski definition) is 0. The van der Waals surface area contributed by atoms with Gasteiger partial charge in [-0.3, -0.25) is 9.79 Å². The number of carbonyl (C=O) groups excluding carboxylic acids is 1. The van der Waals surface area contributed by atoms with Gasteiger partial charge in [-0.1, -0.05) is 25.1 Å². The second-order valence-electron chi connectivity index (χ2n) is 6.92. The minimum atomic E-state index is -0.467. The zero-order valence-electron chi connectivity index (χ0n) is 14.1. The molecule has 0 bridgehead atoms. The van der Waals surface area contributed by atoms with Gasteiger partial charge < -0.3 is 4.74 Å². The van der Waals surface area contributed by atoms with Crippen LogP contribution in [0, 0.1) is 12.3 Å². The van der Waals surface area contributed by atoms with Crippen LogP contribution in [0.3, 0.4) is 0 Å². The summed E-state index contributed by atoms with van der Waals surface area (Å²) in [6.07, 6.45) is 4.82. The van der Waals surface area contributed by atoms with Crippen LogP contribution in [0.5, 0.6) is 0 Å². The summed E-state index contributed by atoms with van der Waals surface area (Å²) >= 11 is 0. The van der Waals surface area contributed by atoms with Crippen LogP contribution < -0.4 is 0 Å². The van der Waals surface area contributed by atoms with Crippen molar-refractivity contribution in [2.75, 3.05) is 0 Å². The fourth-order valence-electron chi connectivity index (χ4n) is 2.54. The zero-order valence-corrected chi connectivity index (χ0v) is 14.1. The van der Waals surface area contributed by atoms with E-state index >= 15 is 0 Å². The second-order valence-corrected chi connectivity index (χ2v) is 6.92. The van der Waals surface area contributed by atoms with Crippen LogP contribution in [0.1, 0.15) is 56.7 Å². The van der Waals surface area contributed by atoms with Crippen molar-refractivity contribution in [3.63, 3.8) is 0 Å². The molecule has 0 saturated heterocycles. The molecule has 1 aromatic rings. The maximum absolute atomic E-state index is 11.9. The molecule has 0 spiro atoms. The van der Waals surface area contributed by atoms with Crippen molar-refractivity contribution in [2.24, 2.45) is 10.4 Å². The first-order valence-corrected chi connectivity index (χ1v) is 7.77. The van der Waals surface area contributed by atoms with Gasteiger partial charge in [-0.15, -0.1) is 0 Å². The van der Waals surface area contributed by atoms with Crippen LogP contribution in [0.15, 0.2) is 35.0 Å². The van der Waals surface area contributed by atoms with Gasteiger partial charge in [-0.2, -0.15) is 0 Å². The average molecular weight is 299 g/mol. The molecule has 22 heavy (non-hydrogen) atoms. The lowest BCUT2D eigenvalue weighted by atomic mass is 9.87. The molecule has 0 aliphatic carbocycles. The Morgan fingerprint density at radius 3 is 2.68 bits per heavy atom. The maximum atomic E-state index is 11.9. The summed E-state index contributed by atoms with van der Waals surface area (Å²) in [5, 5.41) is 0. The molecule has 1 atom stereocenters. The van der Waals surface area contributed by atoms with Crippen LogP contribution in [-0.4, -0.2) is 12.2 Å². The van der Waals surface area contributed by atoms with Gasteiger partial charge >= 0.3 is 5.97 Å². The molecule has 3 heteroatoms. The van der Waals surface area contributed by atoms with Gasteiger partial charge in [-0.05, 0) is 50.0 Å². The molecule has 3 nitrogen and oxygen atoms in total. The Bertz CT molecular complexity index is 621. The number of nitrogens with zero attached hydrogens (tertiary/aromatic N) is 1. The molecule has 1 heterocycles. The van der Waals surface area contributed by atoms with Gasteiger partial charge in [0.15, 0.2) is 0 Å². The topological polar surface area (TPSA) is 38.7 Å². The van der Waals surface area contributed by atoms with Crippen molar-refractivity contribution >= 4 is 12.2 Å². The Balaban J connectivity index is 2.14. The first-order valence-electron chi connectivity index (χ1n) is 7.77. The number of esters is 1. The summed E-state index contributed by atoms with van der Waals surface area (Å²) in [7, 11) is 0. The second kappa shape index (κ2) is 6.47. The van der Waals surface area contributed by atoms with E-state index in [1.54, 1.807) is 0 Å². The summed E-state index contributed by atoms with van der Waals surface area (Å²) in [6.45, 7) is 10.2. The Morgan fingerprint density at radius 1 is 1.36 bits per heavy atom. The van der Waals surface area contributed by atoms with E-state index in [4.69, 9.17) is 4.74 Å². The van der Waals surface area contributed by atoms with E-state index in [9.17, 15) is 4.79 Å². The van der Waals surface area contributed by atoms with Gasteiger partial charge in [0.2, 0.25) is 0 Å². The number of ether oxygens (including phenoxy) is 1. The number of allylic oxidation sites excluding steroid dienone is 1. The van der Waals surface area contributed by atoms with Crippen molar-refractivity contribution in [1.29, 1.82) is 0 Å². The summed E-state index contributed by atoms with van der Waals surface area (Å²) < 4.78 is 5.46. The lowest BCUT2D eigenvalue weighted by molar-refractivity contribution is -0.154. The van der Waals surface area contributed by atoms with Crippen molar-refractivity contribution in [2.45, 2.75) is 53.6 Å². The number of hydrogen-bond acceptors (Lipinski definition) is 3. The summed E-state index contributed by atoms with van der Waals surface area (Å²) in [6, 6.07) is 6.21. The van der Waals surface area contributed by atoms with E-state index < -0.39 is 5.41 Å². The first kappa shape index (κ1) is 16.5. The Hall–Kier alpha value is -1.90. The molecule has 0 fully saturated rings. The third kappa shape index (κ3) is 3.65. The summed E-state index contributed by atoms with van der Waals surface area (Å²) in [4.78, 5) is 16.1. The van der Waals surface area contributed by atoms with Crippen LogP contribution in [-0.2, 0) is 16.1 Å². The van der Waals surface area contributed by atoms with Gasteiger partial charge in [0, 0.05) is 24.8 Å². The Kier molecular flexibility index (Phi) is 4.84. The normalized spacial score (nSPS) is 15.6. The first-order chi connectivity index (χ1) is 10.3. The molecular formula is C19H25NO2. The van der Waals surface area contributed by atoms with Gasteiger partial charge in [0.25, 0.3) is 0 Å². The number of carbonyl (C=O) groups is 1. The summed E-state index contributed by atoms with van der Waals surface area (Å²) in [5.41, 5.74) is 4.41. The molecule has 2 rings (SSSR count). The molecule has 0 radical (unpaired) electrons. The fourth-order valence-corrected chi connectivity index (χ4v) is 2.54. The van der Waals surface area contributed by atoms with Gasteiger partial charge in [0.1, 0.15) is 6.61 Å². The van der Waals surface area contributed by atoms with Crippen molar-refractivity contribution in [1.82, 2.24) is 0 Å². The highest BCUT2D eigenvalue weighted by molar-refractivity contribution is 5.75. The molecular weight excluding hydrogens is 274 g/mol. The zero-order chi connectivity index (χ0) is 16.3. The minimum absolute atomic E-state index is 0.169. The molecule has 0 unspecified atom stereocenters. The molecule has 0 amide bonds. The van der Waals surface area contributed by atoms with Crippen molar-refractivity contribution < 1.29 is 9.53 Å². The van der Waals surface area contributed by atoms with Crippen LogP contribution in [0.4, 0.5) is 0 Å². The third-order valence-corrected chi connectivity index (χ3v) is 4.15. The molecule has 1 aromatic carbocycles. The quantitative estimate of drug-likeness (QED) is 0.765. The number of benzene rings is 1. The smallest absolute Gasteiger partial charge is 0.311 e. The Labute approximate surface area is 133 Å². The predicted molar refractivity (Wildman–Crippen MR) is 90.0 cm³/mol. The largest absolute Gasteiger partial charge is 0.460 e. The Morgan fingerprint density at radius 2 is 2.09 bits per heavy atom. The molecule has 0 saturated carbocycles. The fraction of sp³-hybridized carbons (Fsp3) is 0.474. The van der Waals surface area contributed by atoms with Crippen molar-refractivity contribution in [3.8, 4) is 0 Å². The molecule has 1 aliphatic rings. The molecule has 118 valence electrons. The highest BCUT2D eigenvalue weighted by Crippen LogP contribution is 2.31. The SMILES string of the molecule is Cc1c(COC(=O)C(C)(C)C)cccc1[C@H](C)C1=CN=CC1. The van der Waals surface area contributed by atoms with E-state index in [0.717, 1.165) is 12.0 Å². The summed E-state index contributed by atoms with van der Waals surface area (Å²) in [5.74, 6) is 0.165. The van der Waals surface area contributed by atoms with Gasteiger partial charge in [-0.25, -0.2) is 0 Å². The van der Waals surface area contributed by atoms with E-state index in [0.29, 0.717) is 12.5 Å². The number of aliphatic imine (C=N–C) groups is 1. The van der Waals surface area contributed by atoms with E-state index in [1.807, 2.05) is 45.3 Å². The predicted octanol–water partition coefficient (Wildman–Crippen LogP) is 4.55. The van der Waals surface area contributed by atoms with Crippen LogP contribution >= 0.6 is 0 Å². The van der Waals surface area contributed by atoms with Gasteiger partial charge in [0.05, 0.1) is 5.41 Å². The van der Waals surface area contributed by atoms with Crippen LogP contribution in [0.25, 0.3) is 0 Å². The third-order valence-electron chi connectivity index (χ3n) is 4.15. The van der Waals surface area contributed by atoms with Crippen LogP contribution in [0.2, 0.25) is 0 Å². The van der Waals surface area contributed by atoms with E-state index in [2.05, 4.69) is 24.9 Å². The van der Waals surface area contributed by atoms with Crippen molar-refractivity contribution in [3.05, 3.63) is 46.7 Å². The number of rotatable bonds is 4. The lowest BCUT2D eigenvalue weighted by Crippen LogP contribution is -2.23. The average Bonchev–Trinajstić information content (AvgIpc) is 2.98. The van der Waals surface area contributed by atoms with E-state index in [1.165, 1.54) is 16.7 Å². The lowest BCUT2D eigenvalue weighted by Gasteiger charge is -2.20.